The van der Waals surface area contributed by atoms with Crippen LogP contribution in [-0.4, -0.2) is 61.4 Å². The maximum atomic E-state index is 12.6. The summed E-state index contributed by atoms with van der Waals surface area (Å²) in [5.41, 5.74) is 2.58. The molecular formula is C17H20N6OS. The highest BCUT2D eigenvalue weighted by atomic mass is 32.2. The number of hydrogen-bond donors (Lipinski definition) is 1. The largest absolute Gasteiger partial charge is 0.366 e. The van der Waals surface area contributed by atoms with E-state index in [2.05, 4.69) is 25.3 Å². The van der Waals surface area contributed by atoms with Gasteiger partial charge in [-0.15, -0.1) is 0 Å². The first-order valence-corrected chi connectivity index (χ1v) is 9.69. The lowest BCUT2D eigenvalue weighted by atomic mass is 10.1. The van der Waals surface area contributed by atoms with E-state index in [1.54, 1.807) is 18.7 Å². The summed E-state index contributed by atoms with van der Waals surface area (Å²) in [6.07, 6.45) is 8.92. The van der Waals surface area contributed by atoms with E-state index >= 15 is 0 Å². The van der Waals surface area contributed by atoms with Crippen LogP contribution >= 0.6 is 11.8 Å². The second-order valence-corrected chi connectivity index (χ2v) is 7.39. The van der Waals surface area contributed by atoms with Crippen molar-refractivity contribution in [1.82, 2.24) is 24.8 Å². The zero-order valence-electron chi connectivity index (χ0n) is 13.9. The van der Waals surface area contributed by atoms with E-state index in [0.29, 0.717) is 24.8 Å². The minimum absolute atomic E-state index is 0.0735. The molecule has 0 saturated carbocycles. The molecule has 1 amide bonds. The molecule has 1 unspecified atom stereocenters. The van der Waals surface area contributed by atoms with Crippen LogP contribution in [0.5, 0.6) is 0 Å². The predicted molar refractivity (Wildman–Crippen MR) is 96.7 cm³/mol. The molecule has 1 atom stereocenters. The summed E-state index contributed by atoms with van der Waals surface area (Å²) < 4.78 is 0. The van der Waals surface area contributed by atoms with Crippen LogP contribution in [-0.2, 0) is 12.8 Å². The lowest BCUT2D eigenvalue weighted by Gasteiger charge is -2.19. The van der Waals surface area contributed by atoms with Gasteiger partial charge in [0.25, 0.3) is 5.91 Å². The van der Waals surface area contributed by atoms with E-state index in [1.807, 2.05) is 16.7 Å². The number of hydrogen-bond acceptors (Lipinski definition) is 7. The highest BCUT2D eigenvalue weighted by molar-refractivity contribution is 7.99. The molecule has 8 heteroatoms. The maximum absolute atomic E-state index is 12.6. The number of thioether (sulfide) groups is 1. The van der Waals surface area contributed by atoms with Gasteiger partial charge in [0.15, 0.2) is 0 Å². The van der Waals surface area contributed by atoms with Crippen LogP contribution in [0.4, 0.5) is 5.82 Å². The van der Waals surface area contributed by atoms with Gasteiger partial charge >= 0.3 is 0 Å². The van der Waals surface area contributed by atoms with Crippen LogP contribution in [0.3, 0.4) is 0 Å². The van der Waals surface area contributed by atoms with Crippen LogP contribution in [0.1, 0.15) is 28.2 Å². The fraction of sp³-hybridized carbons (Fsp3) is 0.471. The van der Waals surface area contributed by atoms with Crippen molar-refractivity contribution >= 4 is 23.5 Å². The van der Waals surface area contributed by atoms with Crippen LogP contribution < -0.4 is 5.32 Å². The normalized spacial score (nSPS) is 20.0. The molecule has 1 saturated heterocycles. The summed E-state index contributed by atoms with van der Waals surface area (Å²) in [6, 6.07) is 0.476. The highest BCUT2D eigenvalue weighted by Gasteiger charge is 2.24. The third kappa shape index (κ3) is 3.58. The molecule has 1 fully saturated rings. The standard InChI is InChI=1S/C17H20N6OS/c24-17(15-9-18-4-5-19-15)23-6-1-13-14(2-7-23)20-11-21-16(13)22-12-3-8-25-10-12/h4-5,9,11-12H,1-3,6-8,10H2,(H,20,21,22). The van der Waals surface area contributed by atoms with Crippen molar-refractivity contribution in [3.63, 3.8) is 0 Å². The summed E-state index contributed by atoms with van der Waals surface area (Å²) >= 11 is 1.97. The van der Waals surface area contributed by atoms with E-state index in [1.165, 1.54) is 18.4 Å². The fourth-order valence-electron chi connectivity index (χ4n) is 3.27. The first-order chi connectivity index (χ1) is 12.3. The van der Waals surface area contributed by atoms with Crippen molar-refractivity contribution in [2.75, 3.05) is 29.9 Å². The molecule has 25 heavy (non-hydrogen) atoms. The molecule has 2 aromatic rings. The van der Waals surface area contributed by atoms with Gasteiger partial charge in [0, 0.05) is 49.3 Å². The first kappa shape index (κ1) is 16.3. The number of rotatable bonds is 3. The maximum Gasteiger partial charge on any atom is 0.274 e. The van der Waals surface area contributed by atoms with Gasteiger partial charge in [-0.25, -0.2) is 15.0 Å². The molecule has 0 bridgehead atoms. The summed E-state index contributed by atoms with van der Waals surface area (Å²) in [5.74, 6) is 3.18. The van der Waals surface area contributed by atoms with Crippen LogP contribution in [0.2, 0.25) is 0 Å². The number of nitrogens with one attached hydrogen (secondary N) is 1. The molecule has 4 rings (SSSR count). The topological polar surface area (TPSA) is 83.9 Å². The minimum atomic E-state index is -0.0735. The Hall–Kier alpha value is -2.22. The average Bonchev–Trinajstić information content (AvgIpc) is 3.06. The van der Waals surface area contributed by atoms with Gasteiger partial charge in [0.05, 0.1) is 11.9 Å². The Morgan fingerprint density at radius 2 is 2.12 bits per heavy atom. The SMILES string of the molecule is O=C(c1cnccn1)N1CCc2ncnc(NC3CCSC3)c2CC1. The molecule has 0 aromatic carbocycles. The monoisotopic (exact) mass is 356 g/mol. The molecule has 2 aliphatic rings. The van der Waals surface area contributed by atoms with Crippen LogP contribution in [0.15, 0.2) is 24.9 Å². The molecule has 0 aliphatic carbocycles. The van der Waals surface area contributed by atoms with Crippen molar-refractivity contribution in [1.29, 1.82) is 0 Å². The van der Waals surface area contributed by atoms with E-state index in [9.17, 15) is 4.79 Å². The lowest BCUT2D eigenvalue weighted by molar-refractivity contribution is 0.0756. The Labute approximate surface area is 150 Å². The van der Waals surface area contributed by atoms with Crippen molar-refractivity contribution in [2.45, 2.75) is 25.3 Å². The van der Waals surface area contributed by atoms with Crippen molar-refractivity contribution < 1.29 is 4.79 Å². The Kier molecular flexibility index (Phi) is 4.78. The third-order valence-electron chi connectivity index (χ3n) is 4.62. The number of carbonyl (C=O) groups is 1. The van der Waals surface area contributed by atoms with E-state index in [-0.39, 0.29) is 5.91 Å². The van der Waals surface area contributed by atoms with E-state index < -0.39 is 0 Å². The molecule has 2 aromatic heterocycles. The molecule has 2 aliphatic heterocycles. The van der Waals surface area contributed by atoms with Gasteiger partial charge in [0.1, 0.15) is 17.8 Å². The van der Waals surface area contributed by atoms with Gasteiger partial charge in [0.2, 0.25) is 0 Å². The summed E-state index contributed by atoms with van der Waals surface area (Å²) in [7, 11) is 0. The Balaban J connectivity index is 1.50. The van der Waals surface area contributed by atoms with Gasteiger partial charge in [-0.1, -0.05) is 0 Å². The zero-order chi connectivity index (χ0) is 17.1. The quantitative estimate of drug-likeness (QED) is 0.890. The van der Waals surface area contributed by atoms with Gasteiger partial charge in [-0.2, -0.15) is 11.8 Å². The van der Waals surface area contributed by atoms with Crippen LogP contribution in [0.25, 0.3) is 0 Å². The van der Waals surface area contributed by atoms with Gasteiger partial charge < -0.3 is 10.2 Å². The summed E-state index contributed by atoms with van der Waals surface area (Å²) in [4.78, 5) is 31.5. The van der Waals surface area contributed by atoms with Crippen LogP contribution in [0, 0.1) is 0 Å². The number of nitrogens with zero attached hydrogens (tertiary/aromatic N) is 5. The van der Waals surface area contributed by atoms with Gasteiger partial charge in [-0.3, -0.25) is 9.78 Å². The van der Waals surface area contributed by atoms with E-state index in [4.69, 9.17) is 0 Å². The Bertz CT molecular complexity index is 750. The number of carbonyl (C=O) groups excluding carboxylic acids is 1. The van der Waals surface area contributed by atoms with Crippen molar-refractivity contribution in [3.05, 3.63) is 41.9 Å². The second kappa shape index (κ2) is 7.35. The first-order valence-electron chi connectivity index (χ1n) is 8.53. The van der Waals surface area contributed by atoms with Gasteiger partial charge in [-0.05, 0) is 18.6 Å². The average molecular weight is 356 g/mol. The molecule has 1 N–H and O–H groups in total. The summed E-state index contributed by atoms with van der Waals surface area (Å²) in [6.45, 7) is 1.28. The van der Waals surface area contributed by atoms with Crippen molar-refractivity contribution in [3.8, 4) is 0 Å². The number of aromatic nitrogens is 4. The fourth-order valence-corrected chi connectivity index (χ4v) is 4.42. The second-order valence-electron chi connectivity index (χ2n) is 6.24. The third-order valence-corrected chi connectivity index (χ3v) is 5.79. The predicted octanol–water partition coefficient (Wildman–Crippen LogP) is 1.43. The van der Waals surface area contributed by atoms with E-state index in [0.717, 1.165) is 35.7 Å². The number of amides is 1. The summed E-state index contributed by atoms with van der Waals surface area (Å²) in [5, 5.41) is 3.57. The molecular weight excluding hydrogens is 336 g/mol. The smallest absolute Gasteiger partial charge is 0.274 e. The van der Waals surface area contributed by atoms with Crippen molar-refractivity contribution in [2.24, 2.45) is 0 Å². The molecule has 0 radical (unpaired) electrons. The Morgan fingerprint density at radius 1 is 1.20 bits per heavy atom. The lowest BCUT2D eigenvalue weighted by Crippen LogP contribution is -2.34. The number of fused-ring (bicyclic) bond motifs is 1. The molecule has 7 nitrogen and oxygen atoms in total. The highest BCUT2D eigenvalue weighted by Crippen LogP contribution is 2.25. The molecule has 130 valence electrons. The molecule has 0 spiro atoms. The minimum Gasteiger partial charge on any atom is -0.366 e. The Morgan fingerprint density at radius 3 is 2.92 bits per heavy atom. The zero-order valence-corrected chi connectivity index (χ0v) is 14.7. The number of anilines is 1. The molecule has 4 heterocycles.